The molecule has 94 valence electrons. The molecular weight excluding hydrogens is 224 g/mol. The first-order valence-corrected chi connectivity index (χ1v) is 5.27. The molecule has 1 heterocycles. The van der Waals surface area contributed by atoms with Gasteiger partial charge in [-0.15, -0.1) is 6.42 Å². The van der Waals surface area contributed by atoms with Crippen molar-refractivity contribution in [2.45, 2.75) is 6.04 Å². The van der Waals surface area contributed by atoms with Gasteiger partial charge in [-0.3, -0.25) is 4.79 Å². The third kappa shape index (κ3) is 4.87. The van der Waals surface area contributed by atoms with Crippen molar-refractivity contribution in [2.75, 3.05) is 33.0 Å². The van der Waals surface area contributed by atoms with Crippen LogP contribution in [0.25, 0.3) is 0 Å². The van der Waals surface area contributed by atoms with Gasteiger partial charge in [0.25, 0.3) is 0 Å². The van der Waals surface area contributed by atoms with Crippen LogP contribution in [0.5, 0.6) is 0 Å². The van der Waals surface area contributed by atoms with Gasteiger partial charge in [0, 0.05) is 12.7 Å². The molecule has 1 unspecified atom stereocenters. The van der Waals surface area contributed by atoms with Crippen molar-refractivity contribution in [1.29, 1.82) is 0 Å². The number of terminal acetylenes is 1. The van der Waals surface area contributed by atoms with Crippen molar-refractivity contribution in [3.05, 3.63) is 12.3 Å². The maximum absolute atomic E-state index is 10.8. The van der Waals surface area contributed by atoms with E-state index in [1.54, 1.807) is 17.3 Å². The molecule has 0 radical (unpaired) electrons. The smallest absolute Gasteiger partial charge is 0.326 e. The van der Waals surface area contributed by atoms with Crippen LogP contribution in [0.2, 0.25) is 0 Å². The number of carbonyl (C=O) groups is 1. The van der Waals surface area contributed by atoms with Crippen molar-refractivity contribution in [1.82, 2.24) is 10.4 Å². The molecule has 0 aromatic rings. The lowest BCUT2D eigenvalue weighted by atomic mass is 10.3. The fraction of sp³-hybridized carbons (Fsp3) is 0.545. The van der Waals surface area contributed by atoms with E-state index in [0.29, 0.717) is 26.4 Å². The number of nitrogens with one attached hydrogen (secondary N) is 1. The maximum Gasteiger partial charge on any atom is 0.326 e. The molecule has 6 nitrogen and oxygen atoms in total. The minimum Gasteiger partial charge on any atom is -0.480 e. The Morgan fingerprint density at radius 1 is 1.47 bits per heavy atom. The fourth-order valence-electron chi connectivity index (χ4n) is 1.35. The molecule has 0 bridgehead atoms. The number of hydrazine groups is 1. The van der Waals surface area contributed by atoms with Crippen LogP contribution in [0.3, 0.4) is 0 Å². The van der Waals surface area contributed by atoms with E-state index in [4.69, 9.17) is 21.0 Å². The molecule has 0 saturated carbocycles. The van der Waals surface area contributed by atoms with Crippen LogP contribution in [0.1, 0.15) is 0 Å². The predicted molar refractivity (Wildman–Crippen MR) is 60.9 cm³/mol. The highest BCUT2D eigenvalue weighted by atomic mass is 16.5. The zero-order valence-corrected chi connectivity index (χ0v) is 9.46. The lowest BCUT2D eigenvalue weighted by molar-refractivity contribution is -0.141. The Morgan fingerprint density at radius 3 is 2.94 bits per heavy atom. The highest BCUT2D eigenvalue weighted by molar-refractivity contribution is 5.76. The average molecular weight is 240 g/mol. The first-order valence-electron chi connectivity index (χ1n) is 5.27. The minimum atomic E-state index is -0.886. The second-order valence-corrected chi connectivity index (χ2v) is 3.33. The molecule has 1 aliphatic heterocycles. The second-order valence-electron chi connectivity index (χ2n) is 3.33. The second kappa shape index (κ2) is 7.68. The van der Waals surface area contributed by atoms with Gasteiger partial charge < -0.3 is 20.0 Å². The number of ether oxygens (including phenoxy) is 2. The number of rotatable bonds is 8. The van der Waals surface area contributed by atoms with Gasteiger partial charge in [-0.05, 0) is 6.08 Å². The molecule has 17 heavy (non-hydrogen) atoms. The van der Waals surface area contributed by atoms with Crippen molar-refractivity contribution in [3.63, 3.8) is 0 Å². The largest absolute Gasteiger partial charge is 0.480 e. The quantitative estimate of drug-likeness (QED) is 0.438. The van der Waals surface area contributed by atoms with Gasteiger partial charge in [0.1, 0.15) is 12.6 Å². The van der Waals surface area contributed by atoms with Gasteiger partial charge in [0.2, 0.25) is 0 Å². The van der Waals surface area contributed by atoms with E-state index >= 15 is 0 Å². The number of hydrogen-bond acceptors (Lipinski definition) is 5. The van der Waals surface area contributed by atoms with E-state index in [9.17, 15) is 4.79 Å². The average Bonchev–Trinajstić information content (AvgIpc) is 2.76. The Kier molecular flexibility index (Phi) is 6.10. The third-order valence-corrected chi connectivity index (χ3v) is 2.14. The molecule has 0 spiro atoms. The van der Waals surface area contributed by atoms with Crippen LogP contribution in [0, 0.1) is 12.3 Å². The molecular formula is C11H16N2O4. The van der Waals surface area contributed by atoms with Crippen LogP contribution >= 0.6 is 0 Å². The molecule has 1 atom stereocenters. The summed E-state index contributed by atoms with van der Waals surface area (Å²) in [6, 6.07) is -0.628. The Morgan fingerprint density at radius 2 is 2.24 bits per heavy atom. The van der Waals surface area contributed by atoms with Crippen LogP contribution in [0.4, 0.5) is 0 Å². The van der Waals surface area contributed by atoms with Crippen LogP contribution in [-0.2, 0) is 14.3 Å². The predicted octanol–water partition coefficient (Wildman–Crippen LogP) is -0.560. The Bertz CT molecular complexity index is 311. The summed E-state index contributed by atoms with van der Waals surface area (Å²) in [6.07, 6.45) is 8.19. The normalized spacial score (nSPS) is 18.9. The maximum atomic E-state index is 10.8. The Balaban J connectivity index is 2.03. The SMILES string of the molecule is C#CCOCCOCCN1NC=CC1C(=O)O. The number of nitrogens with zero attached hydrogens (tertiary/aromatic N) is 1. The zero-order chi connectivity index (χ0) is 12.5. The van der Waals surface area contributed by atoms with Crippen molar-refractivity contribution < 1.29 is 19.4 Å². The molecule has 1 aliphatic rings. The summed E-state index contributed by atoms with van der Waals surface area (Å²) >= 11 is 0. The van der Waals surface area contributed by atoms with E-state index in [1.165, 1.54) is 0 Å². The summed E-state index contributed by atoms with van der Waals surface area (Å²) in [5.74, 6) is 1.47. The summed E-state index contributed by atoms with van der Waals surface area (Å²) in [7, 11) is 0. The van der Waals surface area contributed by atoms with Gasteiger partial charge in [-0.1, -0.05) is 5.92 Å². The first-order chi connectivity index (χ1) is 8.25. The monoisotopic (exact) mass is 240 g/mol. The summed E-state index contributed by atoms with van der Waals surface area (Å²) in [5.41, 5.74) is 2.83. The molecule has 6 heteroatoms. The lowest BCUT2D eigenvalue weighted by Crippen LogP contribution is -2.43. The van der Waals surface area contributed by atoms with E-state index in [1.807, 2.05) is 0 Å². The van der Waals surface area contributed by atoms with Gasteiger partial charge in [0.05, 0.1) is 19.8 Å². The molecule has 0 amide bonds. The number of hydrogen-bond donors (Lipinski definition) is 2. The Labute approximate surface area is 100 Å². The highest BCUT2D eigenvalue weighted by Crippen LogP contribution is 2.04. The number of aliphatic carboxylic acids is 1. The Hall–Kier alpha value is -1.55. The standard InChI is InChI=1S/C11H16N2O4/c1-2-6-16-8-9-17-7-5-13-10(11(14)15)3-4-12-13/h1,3-4,10,12H,5-9H2,(H,14,15). The van der Waals surface area contributed by atoms with Gasteiger partial charge in [-0.25, -0.2) is 5.01 Å². The highest BCUT2D eigenvalue weighted by Gasteiger charge is 2.25. The van der Waals surface area contributed by atoms with Crippen molar-refractivity contribution in [3.8, 4) is 12.3 Å². The minimum absolute atomic E-state index is 0.280. The topological polar surface area (TPSA) is 71.0 Å². The number of carboxylic acids is 1. The summed E-state index contributed by atoms with van der Waals surface area (Å²) in [5, 5.41) is 10.5. The van der Waals surface area contributed by atoms with E-state index < -0.39 is 12.0 Å². The van der Waals surface area contributed by atoms with Gasteiger partial charge in [0.15, 0.2) is 0 Å². The van der Waals surface area contributed by atoms with Crippen LogP contribution in [0.15, 0.2) is 12.3 Å². The van der Waals surface area contributed by atoms with Crippen molar-refractivity contribution in [2.24, 2.45) is 0 Å². The molecule has 0 fully saturated rings. The van der Waals surface area contributed by atoms with Crippen molar-refractivity contribution >= 4 is 5.97 Å². The van der Waals surface area contributed by atoms with Gasteiger partial charge in [-0.2, -0.15) is 0 Å². The molecule has 0 aromatic heterocycles. The molecule has 0 saturated heterocycles. The van der Waals surface area contributed by atoms with Gasteiger partial charge >= 0.3 is 5.97 Å². The van der Waals surface area contributed by atoms with E-state index in [-0.39, 0.29) is 6.61 Å². The molecule has 0 aliphatic carbocycles. The number of carboxylic acid groups (broad SMARTS) is 1. The lowest BCUT2D eigenvalue weighted by Gasteiger charge is -2.20. The summed E-state index contributed by atoms with van der Waals surface area (Å²) in [6.45, 7) is 2.08. The van der Waals surface area contributed by atoms with E-state index in [2.05, 4.69) is 11.3 Å². The molecule has 0 aromatic carbocycles. The van der Waals surface area contributed by atoms with Crippen LogP contribution < -0.4 is 5.43 Å². The molecule has 1 rings (SSSR count). The zero-order valence-electron chi connectivity index (χ0n) is 9.46. The molecule has 2 N–H and O–H groups in total. The third-order valence-electron chi connectivity index (χ3n) is 2.14. The summed E-state index contributed by atoms with van der Waals surface area (Å²) in [4.78, 5) is 10.8. The van der Waals surface area contributed by atoms with E-state index in [0.717, 1.165) is 0 Å². The fourth-order valence-corrected chi connectivity index (χ4v) is 1.35. The van der Waals surface area contributed by atoms with Crippen LogP contribution in [-0.4, -0.2) is 55.1 Å². The summed E-state index contributed by atoms with van der Waals surface area (Å²) < 4.78 is 10.3. The first kappa shape index (κ1) is 13.5.